The van der Waals surface area contributed by atoms with Crippen LogP contribution in [0, 0.1) is 6.92 Å². The molecule has 23 heavy (non-hydrogen) atoms. The first-order valence-corrected chi connectivity index (χ1v) is 7.28. The van der Waals surface area contributed by atoms with E-state index in [1.54, 1.807) is 24.3 Å². The summed E-state index contributed by atoms with van der Waals surface area (Å²) in [6, 6.07) is 28.5. The fourth-order valence-corrected chi connectivity index (χ4v) is 1.60. The van der Waals surface area contributed by atoms with Crippen LogP contribution in [0.15, 0.2) is 91.0 Å². The zero-order chi connectivity index (χ0) is 16.8. The largest absolute Gasteiger partial charge is 0.298 e. The molecule has 0 bridgehead atoms. The van der Waals surface area contributed by atoms with Crippen molar-refractivity contribution in [3.05, 3.63) is 108 Å². The van der Waals surface area contributed by atoms with Gasteiger partial charge in [-0.1, -0.05) is 96.6 Å². The van der Waals surface area contributed by atoms with Crippen molar-refractivity contribution >= 4 is 12.6 Å². The molecule has 0 aliphatic carbocycles. The number of aryl methyl sites for hydroxylation is 1. The molecule has 0 heterocycles. The average molecular weight is 304 g/mol. The van der Waals surface area contributed by atoms with Crippen LogP contribution in [0.4, 0.5) is 0 Å². The Bertz CT molecular complexity index is 618. The van der Waals surface area contributed by atoms with Crippen molar-refractivity contribution in [2.24, 2.45) is 0 Å². The highest BCUT2D eigenvalue weighted by Gasteiger charge is 1.80. The van der Waals surface area contributed by atoms with Crippen LogP contribution in [0.1, 0.15) is 26.3 Å². The molecular formula is C21H20O2. The fraction of sp³-hybridized carbons (Fsp3) is 0.0476. The number of carbonyl (C=O) groups excluding carboxylic acids is 2. The summed E-state index contributed by atoms with van der Waals surface area (Å²) in [7, 11) is 0. The summed E-state index contributed by atoms with van der Waals surface area (Å²) in [5.74, 6) is 0. The second kappa shape index (κ2) is 11.6. The Labute approximate surface area is 137 Å². The summed E-state index contributed by atoms with van der Waals surface area (Å²) >= 11 is 0. The number of rotatable bonds is 2. The molecule has 0 spiro atoms. The van der Waals surface area contributed by atoms with Crippen LogP contribution in [0.2, 0.25) is 0 Å². The third kappa shape index (κ3) is 8.79. The Kier molecular flexibility index (Phi) is 9.13. The summed E-state index contributed by atoms with van der Waals surface area (Å²) in [4.78, 5) is 20.0. The van der Waals surface area contributed by atoms with Crippen molar-refractivity contribution in [1.82, 2.24) is 0 Å². The van der Waals surface area contributed by atoms with Crippen molar-refractivity contribution in [2.75, 3.05) is 0 Å². The van der Waals surface area contributed by atoms with Gasteiger partial charge >= 0.3 is 0 Å². The van der Waals surface area contributed by atoms with Gasteiger partial charge in [-0.3, -0.25) is 9.59 Å². The summed E-state index contributed by atoms with van der Waals surface area (Å²) in [6.07, 6.45) is 1.67. The second-order valence-electron chi connectivity index (χ2n) is 4.71. The van der Waals surface area contributed by atoms with Gasteiger partial charge in [0.2, 0.25) is 0 Å². The number of benzene rings is 3. The number of hydrogen-bond donors (Lipinski definition) is 0. The molecule has 0 aromatic heterocycles. The second-order valence-corrected chi connectivity index (χ2v) is 4.71. The molecule has 0 saturated heterocycles. The van der Waals surface area contributed by atoms with Crippen molar-refractivity contribution in [3.8, 4) is 0 Å². The normalized spacial score (nSPS) is 8.57. The molecule has 0 fully saturated rings. The zero-order valence-corrected chi connectivity index (χ0v) is 13.1. The molecule has 0 radical (unpaired) electrons. The summed E-state index contributed by atoms with van der Waals surface area (Å²) in [5, 5.41) is 0. The van der Waals surface area contributed by atoms with Crippen molar-refractivity contribution in [3.63, 3.8) is 0 Å². The molecule has 0 aliphatic rings. The Morgan fingerprint density at radius 2 is 0.826 bits per heavy atom. The van der Waals surface area contributed by atoms with Crippen LogP contribution >= 0.6 is 0 Å². The minimum absolute atomic E-state index is 0.729. The van der Waals surface area contributed by atoms with Gasteiger partial charge in [-0.25, -0.2) is 0 Å². The van der Waals surface area contributed by atoms with E-state index in [-0.39, 0.29) is 0 Å². The first-order valence-electron chi connectivity index (χ1n) is 7.28. The van der Waals surface area contributed by atoms with Crippen LogP contribution in [-0.4, -0.2) is 12.6 Å². The monoisotopic (exact) mass is 304 g/mol. The first kappa shape index (κ1) is 18.1. The molecule has 3 rings (SSSR count). The van der Waals surface area contributed by atoms with Crippen molar-refractivity contribution in [1.29, 1.82) is 0 Å². The summed E-state index contributed by atoms with van der Waals surface area (Å²) in [5.41, 5.74) is 2.78. The predicted molar refractivity (Wildman–Crippen MR) is 94.8 cm³/mol. The van der Waals surface area contributed by atoms with Gasteiger partial charge in [-0.2, -0.15) is 0 Å². The molecule has 3 aromatic rings. The highest BCUT2D eigenvalue weighted by molar-refractivity contribution is 5.74. The van der Waals surface area contributed by atoms with Gasteiger partial charge in [0.25, 0.3) is 0 Å². The van der Waals surface area contributed by atoms with Crippen LogP contribution in [-0.2, 0) is 0 Å². The summed E-state index contributed by atoms with van der Waals surface area (Å²) in [6.45, 7) is 2.08. The third-order valence-electron chi connectivity index (χ3n) is 2.81. The SMILES string of the molecule is Cc1ccccc1.O=Cc1ccccc1.O=Cc1ccccc1. The molecule has 116 valence electrons. The lowest BCUT2D eigenvalue weighted by Gasteiger charge is -1.82. The molecule has 3 aromatic carbocycles. The molecule has 0 N–H and O–H groups in total. The molecule has 0 atom stereocenters. The van der Waals surface area contributed by atoms with Crippen molar-refractivity contribution < 1.29 is 9.59 Å². The van der Waals surface area contributed by atoms with Gasteiger partial charge < -0.3 is 0 Å². The topological polar surface area (TPSA) is 34.1 Å². The zero-order valence-electron chi connectivity index (χ0n) is 13.1. The molecule has 2 nitrogen and oxygen atoms in total. The minimum Gasteiger partial charge on any atom is -0.298 e. The molecule has 2 heteroatoms. The van der Waals surface area contributed by atoms with E-state index in [1.165, 1.54) is 5.56 Å². The number of hydrogen-bond acceptors (Lipinski definition) is 2. The van der Waals surface area contributed by atoms with E-state index in [0.717, 1.165) is 23.7 Å². The number of aldehydes is 2. The molecule has 0 saturated carbocycles. The van der Waals surface area contributed by atoms with E-state index in [2.05, 4.69) is 19.1 Å². The van der Waals surface area contributed by atoms with Gasteiger partial charge in [0.05, 0.1) is 0 Å². The lowest BCUT2D eigenvalue weighted by molar-refractivity contribution is 0.111. The van der Waals surface area contributed by atoms with Crippen LogP contribution < -0.4 is 0 Å². The van der Waals surface area contributed by atoms with Gasteiger partial charge in [0, 0.05) is 11.1 Å². The van der Waals surface area contributed by atoms with Crippen LogP contribution in [0.3, 0.4) is 0 Å². The molecule has 0 amide bonds. The lowest BCUT2D eigenvalue weighted by atomic mass is 10.2. The van der Waals surface area contributed by atoms with Crippen LogP contribution in [0.5, 0.6) is 0 Å². The van der Waals surface area contributed by atoms with E-state index in [4.69, 9.17) is 0 Å². The van der Waals surface area contributed by atoms with Gasteiger partial charge in [-0.15, -0.1) is 0 Å². The Hall–Kier alpha value is -3.00. The highest BCUT2D eigenvalue weighted by atomic mass is 16.1. The maximum atomic E-state index is 10.0. The lowest BCUT2D eigenvalue weighted by Crippen LogP contribution is -1.73. The Morgan fingerprint density at radius 3 is 1.00 bits per heavy atom. The predicted octanol–water partition coefficient (Wildman–Crippen LogP) is 4.99. The average Bonchev–Trinajstić information content (AvgIpc) is 2.65. The van der Waals surface area contributed by atoms with E-state index < -0.39 is 0 Å². The summed E-state index contributed by atoms with van der Waals surface area (Å²) < 4.78 is 0. The van der Waals surface area contributed by atoms with E-state index >= 15 is 0 Å². The molecule has 0 unspecified atom stereocenters. The Balaban J connectivity index is 0.000000173. The first-order chi connectivity index (χ1) is 11.3. The smallest absolute Gasteiger partial charge is 0.150 e. The third-order valence-corrected chi connectivity index (χ3v) is 2.81. The quantitative estimate of drug-likeness (QED) is 0.625. The van der Waals surface area contributed by atoms with Gasteiger partial charge in [0.1, 0.15) is 12.6 Å². The maximum Gasteiger partial charge on any atom is 0.150 e. The minimum atomic E-state index is 0.729. The fourth-order valence-electron chi connectivity index (χ4n) is 1.60. The number of carbonyl (C=O) groups is 2. The van der Waals surface area contributed by atoms with Gasteiger partial charge in [0.15, 0.2) is 0 Å². The van der Waals surface area contributed by atoms with Crippen molar-refractivity contribution in [2.45, 2.75) is 6.92 Å². The van der Waals surface area contributed by atoms with E-state index in [0.29, 0.717) is 0 Å². The van der Waals surface area contributed by atoms with E-state index in [1.807, 2.05) is 54.6 Å². The Morgan fingerprint density at radius 1 is 0.522 bits per heavy atom. The molecule has 0 aliphatic heterocycles. The highest BCUT2D eigenvalue weighted by Crippen LogP contribution is 1.93. The van der Waals surface area contributed by atoms with E-state index in [9.17, 15) is 9.59 Å². The standard InChI is InChI=1S/2C7H6O.C7H8/c2*8-6-7-4-2-1-3-5-7;1-7-5-3-2-4-6-7/h2*1-6H;2-6H,1H3. The van der Waals surface area contributed by atoms with Gasteiger partial charge in [-0.05, 0) is 6.92 Å². The van der Waals surface area contributed by atoms with Crippen LogP contribution in [0.25, 0.3) is 0 Å². The maximum absolute atomic E-state index is 10.0. The molecular weight excluding hydrogens is 284 g/mol.